The van der Waals surface area contributed by atoms with Crippen LogP contribution in [0.2, 0.25) is 0 Å². The summed E-state index contributed by atoms with van der Waals surface area (Å²) in [6.45, 7) is 1.98. The molecule has 4 aromatic rings. The van der Waals surface area contributed by atoms with Crippen LogP contribution in [-0.2, 0) is 0 Å². The number of anilines is 2. The second-order valence-corrected chi connectivity index (χ2v) is 10.1. The van der Waals surface area contributed by atoms with Gasteiger partial charge in [-0.3, -0.25) is 15.2 Å². The monoisotopic (exact) mass is 562 g/mol. The number of likely N-dealkylation sites (tertiary alicyclic amines) is 1. The molecule has 0 bridgehead atoms. The van der Waals surface area contributed by atoms with E-state index in [1.54, 1.807) is 36.0 Å². The molecule has 1 saturated heterocycles. The Labute approximate surface area is 234 Å². The number of thiazole rings is 1. The lowest BCUT2D eigenvalue weighted by Gasteiger charge is -2.31. The smallest absolute Gasteiger partial charge is 0.325 e. The Morgan fingerprint density at radius 3 is 2.85 bits per heavy atom. The van der Waals surface area contributed by atoms with E-state index in [9.17, 15) is 19.6 Å². The molecule has 0 spiro atoms. The van der Waals surface area contributed by atoms with Gasteiger partial charge in [0.25, 0.3) is 0 Å². The zero-order chi connectivity index (χ0) is 27.9. The van der Waals surface area contributed by atoms with Crippen LogP contribution in [0.5, 0.6) is 17.2 Å². The van der Waals surface area contributed by atoms with Crippen LogP contribution >= 0.6 is 11.3 Å². The van der Waals surface area contributed by atoms with Gasteiger partial charge in [0, 0.05) is 48.4 Å². The van der Waals surface area contributed by atoms with Gasteiger partial charge in [-0.25, -0.2) is 14.2 Å². The summed E-state index contributed by atoms with van der Waals surface area (Å²) in [5.41, 5.74) is 0.847. The van der Waals surface area contributed by atoms with E-state index in [0.29, 0.717) is 52.7 Å². The average molecular weight is 563 g/mol. The zero-order valence-electron chi connectivity index (χ0n) is 21.5. The number of aromatic nitrogens is 2. The quantitative estimate of drug-likeness (QED) is 0.221. The van der Waals surface area contributed by atoms with Crippen molar-refractivity contribution >= 4 is 39.1 Å². The normalized spacial score (nSPS) is 15.4. The van der Waals surface area contributed by atoms with E-state index in [1.807, 2.05) is 4.90 Å². The number of aliphatic hydroxyl groups excluding tert-OH is 1. The van der Waals surface area contributed by atoms with Crippen LogP contribution in [0.4, 0.5) is 20.0 Å². The van der Waals surface area contributed by atoms with Crippen LogP contribution < -0.4 is 20.1 Å². The molecule has 12 heteroatoms. The molecule has 2 aromatic heterocycles. The molecule has 5 rings (SSSR count). The highest BCUT2D eigenvalue weighted by Gasteiger charge is 2.19. The maximum absolute atomic E-state index is 14.7. The number of benzene rings is 2. The summed E-state index contributed by atoms with van der Waals surface area (Å²) < 4.78 is 26.6. The molecule has 40 heavy (non-hydrogen) atoms. The number of halogens is 1. The van der Waals surface area contributed by atoms with Gasteiger partial charge in [0.15, 0.2) is 5.13 Å². The van der Waals surface area contributed by atoms with Gasteiger partial charge in [-0.1, -0.05) is 0 Å². The SMILES string of the molecule is N#Cc1cc2c(Oc3ccc(NC(=O)Nc4nccs4)c(F)c3)ccnc2cc1OCCCN1CCCC[C@H]1O. The molecule has 0 aliphatic carbocycles. The predicted octanol–water partition coefficient (Wildman–Crippen LogP) is 5.71. The van der Waals surface area contributed by atoms with E-state index in [4.69, 9.17) is 9.47 Å². The van der Waals surface area contributed by atoms with Crippen molar-refractivity contribution in [1.82, 2.24) is 14.9 Å². The van der Waals surface area contributed by atoms with E-state index in [2.05, 4.69) is 26.7 Å². The first-order chi connectivity index (χ1) is 19.5. The van der Waals surface area contributed by atoms with Crippen LogP contribution in [0.3, 0.4) is 0 Å². The fourth-order valence-electron chi connectivity index (χ4n) is 4.45. The number of amides is 2. The van der Waals surface area contributed by atoms with Crippen molar-refractivity contribution in [2.75, 3.05) is 30.3 Å². The van der Waals surface area contributed by atoms with Gasteiger partial charge in [-0.15, -0.1) is 11.3 Å². The number of hydrogen-bond donors (Lipinski definition) is 3. The highest BCUT2D eigenvalue weighted by Crippen LogP contribution is 2.34. The van der Waals surface area contributed by atoms with Gasteiger partial charge < -0.3 is 19.9 Å². The first-order valence-electron chi connectivity index (χ1n) is 12.8. The molecule has 2 amide bonds. The molecule has 0 saturated carbocycles. The van der Waals surface area contributed by atoms with Crippen molar-refractivity contribution in [2.45, 2.75) is 31.9 Å². The van der Waals surface area contributed by atoms with Crippen molar-refractivity contribution in [3.05, 3.63) is 65.6 Å². The average Bonchev–Trinajstić information content (AvgIpc) is 3.46. The number of carbonyl (C=O) groups excluding carboxylic acids is 1. The van der Waals surface area contributed by atoms with Gasteiger partial charge in [0.05, 0.1) is 23.4 Å². The first-order valence-corrected chi connectivity index (χ1v) is 13.7. The summed E-state index contributed by atoms with van der Waals surface area (Å²) in [7, 11) is 0. The van der Waals surface area contributed by atoms with E-state index >= 15 is 0 Å². The molecular weight excluding hydrogens is 535 g/mol. The number of pyridine rings is 1. The number of nitriles is 1. The van der Waals surface area contributed by atoms with Gasteiger partial charge in [-0.05, 0) is 49.9 Å². The molecule has 1 aliphatic rings. The van der Waals surface area contributed by atoms with Crippen molar-refractivity contribution in [2.24, 2.45) is 0 Å². The second-order valence-electron chi connectivity index (χ2n) is 9.16. The van der Waals surface area contributed by atoms with Gasteiger partial charge in [0.1, 0.15) is 35.4 Å². The predicted molar refractivity (Wildman–Crippen MR) is 149 cm³/mol. The van der Waals surface area contributed by atoms with Gasteiger partial charge >= 0.3 is 6.03 Å². The first kappa shape index (κ1) is 27.3. The van der Waals surface area contributed by atoms with Crippen molar-refractivity contribution in [3.8, 4) is 23.3 Å². The fraction of sp³-hybridized carbons (Fsp3) is 0.286. The topological polar surface area (TPSA) is 133 Å². The maximum Gasteiger partial charge on any atom is 0.325 e. The molecule has 3 N–H and O–H groups in total. The number of piperidine rings is 1. The molecule has 1 fully saturated rings. The van der Waals surface area contributed by atoms with Crippen LogP contribution in [0.15, 0.2) is 54.2 Å². The van der Waals surface area contributed by atoms with E-state index in [0.717, 1.165) is 31.9 Å². The lowest BCUT2D eigenvalue weighted by atomic mass is 10.1. The Hall–Kier alpha value is -4.31. The minimum absolute atomic E-state index is 0.0238. The highest BCUT2D eigenvalue weighted by molar-refractivity contribution is 7.13. The van der Waals surface area contributed by atoms with Crippen molar-refractivity contribution in [1.29, 1.82) is 5.26 Å². The largest absolute Gasteiger partial charge is 0.492 e. The minimum Gasteiger partial charge on any atom is -0.492 e. The van der Waals surface area contributed by atoms with Gasteiger partial charge in [-0.2, -0.15) is 5.26 Å². The van der Waals surface area contributed by atoms with Crippen LogP contribution in [0, 0.1) is 17.1 Å². The Balaban J connectivity index is 1.25. The molecule has 0 radical (unpaired) electrons. The standard InChI is InChI=1S/C28H27FN6O4S/c29-21-15-19(5-6-22(21)33-27(37)34-28-32-9-13-40-28)39-24-7-8-31-23-16-25(18(17-30)14-20(23)24)38-12-3-11-35-10-2-1-4-26(35)36/h5-9,13-16,26,36H,1-4,10-12H2,(H2,32,33,34,37)/t26-/m1/s1. The minimum atomic E-state index is -0.685. The molecular formula is C28H27FN6O4S. The molecule has 1 atom stereocenters. The highest BCUT2D eigenvalue weighted by atomic mass is 32.1. The summed E-state index contributed by atoms with van der Waals surface area (Å²) in [5.74, 6) is 0.315. The van der Waals surface area contributed by atoms with Crippen molar-refractivity contribution < 1.29 is 23.8 Å². The lowest BCUT2D eigenvalue weighted by Crippen LogP contribution is -2.40. The van der Waals surface area contributed by atoms with Crippen LogP contribution in [0.25, 0.3) is 10.9 Å². The van der Waals surface area contributed by atoms with E-state index in [1.165, 1.54) is 23.5 Å². The number of rotatable bonds is 9. The Morgan fingerprint density at radius 2 is 2.08 bits per heavy atom. The third-order valence-corrected chi connectivity index (χ3v) is 7.11. The fourth-order valence-corrected chi connectivity index (χ4v) is 4.98. The summed E-state index contributed by atoms with van der Waals surface area (Å²) in [4.78, 5) is 22.5. The van der Waals surface area contributed by atoms with Crippen LogP contribution in [0.1, 0.15) is 31.2 Å². The number of urea groups is 1. The number of hydrogen-bond acceptors (Lipinski definition) is 9. The molecule has 10 nitrogen and oxygen atoms in total. The molecule has 3 heterocycles. The summed E-state index contributed by atoms with van der Waals surface area (Å²) >= 11 is 1.24. The second kappa shape index (κ2) is 12.7. The number of nitrogens with zero attached hydrogens (tertiary/aromatic N) is 4. The Kier molecular flexibility index (Phi) is 8.65. The molecule has 0 unspecified atom stereocenters. The van der Waals surface area contributed by atoms with Gasteiger partial charge in [0.2, 0.25) is 0 Å². The van der Waals surface area contributed by atoms with E-state index < -0.39 is 18.1 Å². The van der Waals surface area contributed by atoms with E-state index in [-0.39, 0.29) is 11.4 Å². The summed E-state index contributed by atoms with van der Waals surface area (Å²) in [6.07, 6.45) is 6.32. The Bertz CT molecular complexity index is 1530. The lowest BCUT2D eigenvalue weighted by molar-refractivity contribution is -0.0254. The summed E-state index contributed by atoms with van der Waals surface area (Å²) in [6, 6.07) is 10.6. The third-order valence-electron chi connectivity index (χ3n) is 6.42. The molecule has 2 aromatic carbocycles. The van der Waals surface area contributed by atoms with Crippen LogP contribution in [-0.4, -0.2) is 51.9 Å². The number of fused-ring (bicyclic) bond motifs is 1. The zero-order valence-corrected chi connectivity index (χ0v) is 22.3. The third kappa shape index (κ3) is 6.63. The number of ether oxygens (including phenoxy) is 2. The number of nitrogens with one attached hydrogen (secondary N) is 2. The van der Waals surface area contributed by atoms with Crippen molar-refractivity contribution in [3.63, 3.8) is 0 Å². The maximum atomic E-state index is 14.7. The summed E-state index contributed by atoms with van der Waals surface area (Å²) in [5, 5.41) is 27.5. The number of carbonyl (C=O) groups is 1. The number of aliphatic hydroxyl groups is 1. The molecule has 206 valence electrons. The molecule has 1 aliphatic heterocycles. The Morgan fingerprint density at radius 1 is 1.18 bits per heavy atom.